The largest absolute Gasteiger partial charge is 0.462 e. The maximum absolute atomic E-state index is 14.3. The number of nitrogens with two attached hydrogens (primary N) is 1. The fourth-order valence-corrected chi connectivity index (χ4v) is 9.52. The van der Waals surface area contributed by atoms with Crippen molar-refractivity contribution in [2.24, 2.45) is 5.16 Å². The molecule has 17 heteroatoms. The van der Waals surface area contributed by atoms with Crippen LogP contribution in [-0.2, 0) is 28.7 Å². The number of nitrogen functional groups attached to an aromatic ring is 1. The zero-order chi connectivity index (χ0) is 36.1. The highest BCUT2D eigenvalue weighted by Gasteiger charge is 2.55. The van der Waals surface area contributed by atoms with Crippen LogP contribution in [0.5, 0.6) is 0 Å². The van der Waals surface area contributed by atoms with Gasteiger partial charge in [-0.2, -0.15) is 0 Å². The zero-order valence-corrected chi connectivity index (χ0v) is 30.8. The fourth-order valence-electron chi connectivity index (χ4n) is 5.40. The van der Waals surface area contributed by atoms with E-state index in [4.69, 9.17) is 20.0 Å². The van der Waals surface area contributed by atoms with Gasteiger partial charge in [-0.1, -0.05) is 77.6 Å². The van der Waals surface area contributed by atoms with E-state index in [1.165, 1.54) is 46.9 Å². The zero-order valence-electron chi connectivity index (χ0n) is 27.6. The lowest BCUT2D eigenvalue weighted by atomic mass is 10.0. The molecule has 1 unspecified atom stereocenters. The van der Waals surface area contributed by atoms with Crippen molar-refractivity contribution in [3.63, 3.8) is 0 Å². The Hall–Kier alpha value is -4.71. The summed E-state index contributed by atoms with van der Waals surface area (Å²) in [6.45, 7) is 3.72. The number of benzene rings is 2. The quantitative estimate of drug-likeness (QED) is 0.0627. The molecule has 0 spiro atoms. The number of aryl methyl sites for hydroxylation is 1. The van der Waals surface area contributed by atoms with Gasteiger partial charge in [-0.15, -0.1) is 34.4 Å². The van der Waals surface area contributed by atoms with E-state index in [1.54, 1.807) is 19.2 Å². The number of nitrogens with one attached hydrogen (secondary N) is 1. The van der Waals surface area contributed by atoms with E-state index in [0.29, 0.717) is 26.2 Å². The van der Waals surface area contributed by atoms with Crippen molar-refractivity contribution in [1.29, 1.82) is 0 Å². The molecule has 13 nitrogen and oxygen atoms in total. The average Bonchev–Trinajstić information content (AvgIpc) is 3.75. The van der Waals surface area contributed by atoms with Gasteiger partial charge in [0.05, 0.1) is 12.3 Å². The molecule has 4 aromatic rings. The van der Waals surface area contributed by atoms with Gasteiger partial charge in [-0.25, -0.2) is 19.6 Å². The summed E-state index contributed by atoms with van der Waals surface area (Å²) in [6.07, 6.45) is -0.756. The second-order valence-electron chi connectivity index (χ2n) is 11.0. The molecule has 2 aliphatic rings. The highest BCUT2D eigenvalue weighted by atomic mass is 32.2. The van der Waals surface area contributed by atoms with Crippen LogP contribution < -0.4 is 11.1 Å². The first-order valence-corrected chi connectivity index (χ1v) is 19.3. The van der Waals surface area contributed by atoms with E-state index in [1.807, 2.05) is 60.7 Å². The summed E-state index contributed by atoms with van der Waals surface area (Å²) < 4.78 is 12.0. The summed E-state index contributed by atoms with van der Waals surface area (Å²) in [5.74, 6) is -1.65. The van der Waals surface area contributed by atoms with Crippen LogP contribution in [0.4, 0.5) is 5.13 Å². The number of thioether (sulfide) groups is 2. The molecule has 2 atom stereocenters. The van der Waals surface area contributed by atoms with Crippen molar-refractivity contribution in [3.8, 4) is 0 Å². The second kappa shape index (κ2) is 16.1. The summed E-state index contributed by atoms with van der Waals surface area (Å²) in [6, 6.07) is 17.7. The number of oxime groups is 1. The molecule has 0 saturated carbocycles. The number of β-lactam (4-membered cyclic amide) rings is 1. The lowest BCUT2D eigenvalue weighted by Crippen LogP contribution is -2.71. The van der Waals surface area contributed by atoms with Crippen molar-refractivity contribution < 1.29 is 33.5 Å². The molecule has 51 heavy (non-hydrogen) atoms. The summed E-state index contributed by atoms with van der Waals surface area (Å²) in [5.41, 5.74) is 8.65. The van der Waals surface area contributed by atoms with Gasteiger partial charge in [-0.3, -0.25) is 14.5 Å². The van der Waals surface area contributed by atoms with E-state index in [9.17, 15) is 19.2 Å². The second-order valence-corrected chi connectivity index (χ2v) is 15.2. The van der Waals surface area contributed by atoms with Gasteiger partial charge in [0.1, 0.15) is 34.8 Å². The Morgan fingerprint density at radius 3 is 2.37 bits per heavy atom. The lowest BCUT2D eigenvalue weighted by molar-refractivity contribution is -0.154. The van der Waals surface area contributed by atoms with Crippen molar-refractivity contribution >= 4 is 80.8 Å². The predicted octanol–water partition coefficient (Wildman–Crippen LogP) is 4.80. The number of amides is 2. The summed E-state index contributed by atoms with van der Waals surface area (Å²) in [4.78, 5) is 69.3. The smallest absolute Gasteiger partial charge is 0.356 e. The van der Waals surface area contributed by atoms with E-state index < -0.39 is 41.3 Å². The minimum absolute atomic E-state index is 0.107. The molecule has 2 aromatic carbocycles. The van der Waals surface area contributed by atoms with E-state index in [-0.39, 0.29) is 34.6 Å². The standard InChI is InChI=1S/C34H32N6O7S4/c1-4-46-32(44)27-18(2)36-34(51-27)50-16-21-15-48-30-24(38-28(41)23(39-45-3)22-17-49-33(35)37-22)29(42)40(30)25(21)31(43)47-26(19-11-7-5-8-12-19)20-13-9-6-10-14-20/h5-14,17,24,26,30H,4,15-16H2,1-3H3,(H2,35,37)(H,38,41)/t24?,30-/m1/s1. The van der Waals surface area contributed by atoms with E-state index >= 15 is 0 Å². The molecule has 4 heterocycles. The molecule has 2 aliphatic heterocycles. The SMILES string of the molecule is CCOC(=O)c1sc(SCC2=C(C(=O)OC(c3ccccc3)c3ccccc3)N3C(=O)C(NC(=O)C(=NOC)c4csc(N)n4)[C@H]3SC2)nc1C. The van der Waals surface area contributed by atoms with Crippen LogP contribution in [0.2, 0.25) is 0 Å². The number of ether oxygens (including phenoxy) is 2. The third-order valence-electron chi connectivity index (χ3n) is 7.73. The Labute approximate surface area is 309 Å². The molecular weight excluding hydrogens is 733 g/mol. The first-order valence-electron chi connectivity index (χ1n) is 15.6. The molecule has 2 aromatic heterocycles. The van der Waals surface area contributed by atoms with Crippen LogP contribution in [0.3, 0.4) is 0 Å². The van der Waals surface area contributed by atoms with Crippen LogP contribution in [0.15, 0.2) is 86.8 Å². The first-order chi connectivity index (χ1) is 24.7. The van der Waals surface area contributed by atoms with Crippen LogP contribution in [0, 0.1) is 6.92 Å². The van der Waals surface area contributed by atoms with Gasteiger partial charge >= 0.3 is 11.9 Å². The van der Waals surface area contributed by atoms with Crippen molar-refractivity contribution in [2.45, 2.75) is 35.7 Å². The normalized spacial score (nSPS) is 17.1. The Bertz CT molecular complexity index is 1960. The third kappa shape index (κ3) is 7.80. The number of aromatic nitrogens is 2. The molecule has 0 aliphatic carbocycles. The van der Waals surface area contributed by atoms with Gasteiger partial charge in [-0.05, 0) is 30.5 Å². The number of fused-ring (bicyclic) bond motifs is 1. The van der Waals surface area contributed by atoms with E-state index in [2.05, 4.69) is 20.4 Å². The summed E-state index contributed by atoms with van der Waals surface area (Å²) in [5, 5.41) is 7.76. The number of hydrogen-bond acceptors (Lipinski definition) is 15. The van der Waals surface area contributed by atoms with Crippen LogP contribution >= 0.6 is 46.2 Å². The molecule has 2 amide bonds. The predicted molar refractivity (Wildman–Crippen MR) is 196 cm³/mol. The number of thiazole rings is 2. The van der Waals surface area contributed by atoms with Crippen molar-refractivity contribution in [2.75, 3.05) is 31.0 Å². The maximum atomic E-state index is 14.3. The number of hydrogen-bond donors (Lipinski definition) is 2. The Morgan fingerprint density at radius 2 is 1.76 bits per heavy atom. The van der Waals surface area contributed by atoms with Crippen LogP contribution in [0.1, 0.15) is 45.2 Å². The monoisotopic (exact) mass is 764 g/mol. The number of carbonyl (C=O) groups is 4. The fraction of sp³-hybridized carbons (Fsp3) is 0.265. The van der Waals surface area contributed by atoms with Crippen LogP contribution in [-0.4, -0.2) is 81.0 Å². The molecule has 0 radical (unpaired) electrons. The molecule has 3 N–H and O–H groups in total. The van der Waals surface area contributed by atoms with Gasteiger partial charge in [0, 0.05) is 16.9 Å². The molecule has 1 saturated heterocycles. The Morgan fingerprint density at radius 1 is 1.08 bits per heavy atom. The highest BCUT2D eigenvalue weighted by molar-refractivity contribution is 8.01. The maximum Gasteiger partial charge on any atom is 0.356 e. The molecule has 1 fully saturated rings. The van der Waals surface area contributed by atoms with Gasteiger partial charge in [0.2, 0.25) is 0 Å². The van der Waals surface area contributed by atoms with Crippen molar-refractivity contribution in [3.05, 3.63) is 105 Å². The van der Waals surface area contributed by atoms with Gasteiger partial charge in [0.15, 0.2) is 21.3 Å². The minimum Gasteiger partial charge on any atom is -0.462 e. The number of nitrogens with zero attached hydrogens (tertiary/aromatic N) is 4. The number of rotatable bonds is 13. The van der Waals surface area contributed by atoms with E-state index in [0.717, 1.165) is 22.5 Å². The van der Waals surface area contributed by atoms with Crippen LogP contribution in [0.25, 0.3) is 0 Å². The molecule has 264 valence electrons. The number of anilines is 1. The van der Waals surface area contributed by atoms with Gasteiger partial charge < -0.3 is 25.4 Å². The average molecular weight is 765 g/mol. The molecular formula is C34H32N6O7S4. The number of carbonyl (C=O) groups excluding carboxylic acids is 4. The Kier molecular flexibility index (Phi) is 11.4. The summed E-state index contributed by atoms with van der Waals surface area (Å²) in [7, 11) is 1.29. The molecule has 6 rings (SSSR count). The topological polar surface area (TPSA) is 175 Å². The first kappa shape index (κ1) is 36.1. The lowest BCUT2D eigenvalue weighted by Gasteiger charge is -2.49. The number of esters is 2. The molecule has 0 bridgehead atoms. The van der Waals surface area contributed by atoms with Gasteiger partial charge in [0.25, 0.3) is 11.8 Å². The minimum atomic E-state index is -0.967. The summed E-state index contributed by atoms with van der Waals surface area (Å²) >= 11 is 5.09. The highest BCUT2D eigenvalue weighted by Crippen LogP contribution is 2.43. The third-order valence-corrected chi connectivity index (χ3v) is 12.1. The Balaban J connectivity index is 1.29. The van der Waals surface area contributed by atoms with Crippen molar-refractivity contribution in [1.82, 2.24) is 20.2 Å².